The molecule has 1 unspecified atom stereocenters. The van der Waals surface area contributed by atoms with Gasteiger partial charge in [0.25, 0.3) is 0 Å². The van der Waals surface area contributed by atoms with Crippen molar-refractivity contribution in [3.63, 3.8) is 0 Å². The van der Waals surface area contributed by atoms with Gasteiger partial charge in [-0.2, -0.15) is 0 Å². The molecule has 0 amide bonds. The molecule has 1 aliphatic rings. The van der Waals surface area contributed by atoms with E-state index in [1.54, 1.807) is 11.3 Å². The predicted molar refractivity (Wildman–Crippen MR) is 72.2 cm³/mol. The minimum Gasteiger partial charge on any atom is -0.481 e. The minimum absolute atomic E-state index is 0.168. The predicted octanol–water partition coefficient (Wildman–Crippen LogP) is 1.52. The minimum atomic E-state index is -0.704. The van der Waals surface area contributed by atoms with Gasteiger partial charge in [-0.25, -0.2) is 4.98 Å². The lowest BCUT2D eigenvalue weighted by Gasteiger charge is -2.38. The fourth-order valence-electron chi connectivity index (χ4n) is 2.38. The number of hydrogen-bond donors (Lipinski definition) is 1. The summed E-state index contributed by atoms with van der Waals surface area (Å²) in [4.78, 5) is 19.7. The zero-order valence-corrected chi connectivity index (χ0v) is 11.4. The summed E-state index contributed by atoms with van der Waals surface area (Å²) < 4.78 is 0. The van der Waals surface area contributed by atoms with Gasteiger partial charge in [0.2, 0.25) is 0 Å². The molecule has 2 rings (SSSR count). The Kier molecular flexibility index (Phi) is 4.54. The molecule has 1 aromatic rings. The maximum absolute atomic E-state index is 10.8. The fraction of sp³-hybridized carbons (Fsp3) is 0.667. The first-order chi connectivity index (χ1) is 8.70. The molecule has 0 bridgehead atoms. The van der Waals surface area contributed by atoms with Crippen LogP contribution in [0, 0.1) is 0 Å². The first-order valence-electron chi connectivity index (χ1n) is 6.31. The van der Waals surface area contributed by atoms with Crippen LogP contribution < -0.4 is 4.90 Å². The lowest BCUT2D eigenvalue weighted by Crippen LogP contribution is -2.50. The normalized spacial score (nSPS) is 18.8. The smallest absolute Gasteiger partial charge is 0.304 e. The number of carboxylic acid groups (broad SMARTS) is 1. The summed E-state index contributed by atoms with van der Waals surface area (Å²) in [5, 5.41) is 12.0. The van der Waals surface area contributed by atoms with Gasteiger partial charge in [-0.15, -0.1) is 11.3 Å². The Morgan fingerprint density at radius 2 is 2.22 bits per heavy atom. The summed E-state index contributed by atoms with van der Waals surface area (Å²) in [6, 6.07) is 0.168. The van der Waals surface area contributed by atoms with E-state index in [4.69, 9.17) is 5.11 Å². The number of piperazine rings is 1. The van der Waals surface area contributed by atoms with Crippen LogP contribution in [0.25, 0.3) is 0 Å². The molecule has 18 heavy (non-hydrogen) atoms. The van der Waals surface area contributed by atoms with Crippen LogP contribution in [0.5, 0.6) is 0 Å². The second-order valence-corrected chi connectivity index (χ2v) is 5.37. The van der Waals surface area contributed by atoms with Gasteiger partial charge in [0, 0.05) is 43.8 Å². The molecule has 0 aliphatic carbocycles. The van der Waals surface area contributed by atoms with Gasteiger partial charge < -0.3 is 10.0 Å². The Labute approximate surface area is 111 Å². The number of carbonyl (C=O) groups is 1. The molecule has 0 aromatic carbocycles. The van der Waals surface area contributed by atoms with E-state index in [9.17, 15) is 4.79 Å². The van der Waals surface area contributed by atoms with Crippen LogP contribution >= 0.6 is 11.3 Å². The zero-order chi connectivity index (χ0) is 13.0. The quantitative estimate of drug-likeness (QED) is 0.878. The lowest BCUT2D eigenvalue weighted by molar-refractivity contribution is -0.138. The Morgan fingerprint density at radius 1 is 1.50 bits per heavy atom. The van der Waals surface area contributed by atoms with Crippen LogP contribution in [0.3, 0.4) is 0 Å². The van der Waals surface area contributed by atoms with E-state index >= 15 is 0 Å². The van der Waals surface area contributed by atoms with E-state index in [-0.39, 0.29) is 12.5 Å². The van der Waals surface area contributed by atoms with Crippen molar-refractivity contribution in [3.8, 4) is 0 Å². The molecule has 1 aliphatic heterocycles. The topological polar surface area (TPSA) is 56.7 Å². The summed E-state index contributed by atoms with van der Waals surface area (Å²) in [7, 11) is 0. The van der Waals surface area contributed by atoms with Gasteiger partial charge >= 0.3 is 5.97 Å². The van der Waals surface area contributed by atoms with Crippen molar-refractivity contribution in [1.82, 2.24) is 9.88 Å². The number of aliphatic carboxylic acids is 1. The highest BCUT2D eigenvalue weighted by Crippen LogP contribution is 2.20. The van der Waals surface area contributed by atoms with Crippen LogP contribution in [0.15, 0.2) is 11.6 Å². The first kappa shape index (κ1) is 13.3. The molecule has 0 spiro atoms. The SMILES string of the molecule is CCC(CC(=O)O)N1CCN(c2nccs2)CC1. The molecule has 1 aromatic heterocycles. The average Bonchev–Trinajstić information content (AvgIpc) is 2.90. The highest BCUT2D eigenvalue weighted by atomic mass is 32.1. The molecule has 1 atom stereocenters. The highest BCUT2D eigenvalue weighted by molar-refractivity contribution is 7.13. The Bertz CT molecular complexity index is 375. The molecule has 0 radical (unpaired) electrons. The van der Waals surface area contributed by atoms with Gasteiger partial charge in [0.1, 0.15) is 0 Å². The van der Waals surface area contributed by atoms with Crippen molar-refractivity contribution >= 4 is 22.4 Å². The van der Waals surface area contributed by atoms with Gasteiger partial charge in [-0.3, -0.25) is 9.69 Å². The number of carboxylic acids is 1. The number of hydrogen-bond acceptors (Lipinski definition) is 5. The molecule has 5 nitrogen and oxygen atoms in total. The summed E-state index contributed by atoms with van der Waals surface area (Å²) in [5.74, 6) is -0.704. The largest absolute Gasteiger partial charge is 0.481 e. The van der Waals surface area contributed by atoms with Crippen molar-refractivity contribution in [3.05, 3.63) is 11.6 Å². The number of anilines is 1. The number of nitrogens with zero attached hydrogens (tertiary/aromatic N) is 3. The lowest BCUT2D eigenvalue weighted by atomic mass is 10.1. The summed E-state index contributed by atoms with van der Waals surface area (Å²) in [5.41, 5.74) is 0. The summed E-state index contributed by atoms with van der Waals surface area (Å²) in [6.07, 6.45) is 2.96. The molecule has 1 N–H and O–H groups in total. The molecular formula is C12H19N3O2S. The summed E-state index contributed by atoms with van der Waals surface area (Å²) in [6.45, 7) is 5.77. The van der Waals surface area contributed by atoms with Gasteiger partial charge in [-0.1, -0.05) is 6.92 Å². The number of aromatic nitrogens is 1. The standard InChI is InChI=1S/C12H19N3O2S/c1-2-10(9-11(16)17)14-4-6-15(7-5-14)12-13-3-8-18-12/h3,8,10H,2,4-7,9H2,1H3,(H,16,17). The Balaban J connectivity index is 1.87. The second kappa shape index (κ2) is 6.15. The van der Waals surface area contributed by atoms with Gasteiger partial charge in [0.15, 0.2) is 5.13 Å². The summed E-state index contributed by atoms with van der Waals surface area (Å²) >= 11 is 1.66. The third-order valence-corrected chi connectivity index (χ3v) is 4.23. The average molecular weight is 269 g/mol. The van der Waals surface area contributed by atoms with Crippen molar-refractivity contribution in [2.75, 3.05) is 31.1 Å². The molecule has 1 fully saturated rings. The number of thiazole rings is 1. The van der Waals surface area contributed by atoms with Gasteiger partial charge in [-0.05, 0) is 6.42 Å². The van der Waals surface area contributed by atoms with Crippen LogP contribution in [0.1, 0.15) is 19.8 Å². The highest BCUT2D eigenvalue weighted by Gasteiger charge is 2.25. The van der Waals surface area contributed by atoms with Crippen LogP contribution in [-0.4, -0.2) is 53.2 Å². The Morgan fingerprint density at radius 3 is 2.72 bits per heavy atom. The third-order valence-electron chi connectivity index (χ3n) is 3.40. The molecular weight excluding hydrogens is 250 g/mol. The van der Waals surface area contributed by atoms with E-state index in [0.717, 1.165) is 37.7 Å². The monoisotopic (exact) mass is 269 g/mol. The number of rotatable bonds is 5. The van der Waals surface area contributed by atoms with Crippen LogP contribution in [0.2, 0.25) is 0 Å². The fourth-order valence-corrected chi connectivity index (χ4v) is 3.08. The van der Waals surface area contributed by atoms with Crippen LogP contribution in [0.4, 0.5) is 5.13 Å². The van der Waals surface area contributed by atoms with E-state index in [1.165, 1.54) is 0 Å². The molecule has 2 heterocycles. The van der Waals surface area contributed by atoms with Gasteiger partial charge in [0.05, 0.1) is 6.42 Å². The van der Waals surface area contributed by atoms with Crippen LogP contribution in [-0.2, 0) is 4.79 Å². The maximum Gasteiger partial charge on any atom is 0.304 e. The zero-order valence-electron chi connectivity index (χ0n) is 10.6. The van der Waals surface area contributed by atoms with Crippen molar-refractivity contribution in [1.29, 1.82) is 0 Å². The van der Waals surface area contributed by atoms with E-state index in [0.29, 0.717) is 0 Å². The molecule has 0 saturated carbocycles. The molecule has 6 heteroatoms. The van der Waals surface area contributed by atoms with E-state index in [2.05, 4.69) is 21.7 Å². The van der Waals surface area contributed by atoms with Crippen molar-refractivity contribution in [2.45, 2.75) is 25.8 Å². The van der Waals surface area contributed by atoms with E-state index in [1.807, 2.05) is 11.6 Å². The third kappa shape index (κ3) is 3.20. The molecule has 1 saturated heterocycles. The molecule has 100 valence electrons. The maximum atomic E-state index is 10.8. The second-order valence-electron chi connectivity index (χ2n) is 4.50. The van der Waals surface area contributed by atoms with Crippen molar-refractivity contribution in [2.24, 2.45) is 0 Å². The van der Waals surface area contributed by atoms with E-state index < -0.39 is 5.97 Å². The van der Waals surface area contributed by atoms with Crippen molar-refractivity contribution < 1.29 is 9.90 Å². The Hall–Kier alpha value is -1.14. The first-order valence-corrected chi connectivity index (χ1v) is 7.19.